The van der Waals surface area contributed by atoms with Crippen molar-refractivity contribution in [3.05, 3.63) is 30.6 Å². The number of urea groups is 1. The molecule has 2 aromatic rings. The molecular formula is C16H20N6O3. The van der Waals surface area contributed by atoms with Gasteiger partial charge >= 0.3 is 6.03 Å². The summed E-state index contributed by atoms with van der Waals surface area (Å²) in [5, 5.41) is 14.0. The summed E-state index contributed by atoms with van der Waals surface area (Å²) in [7, 11) is 0. The molecule has 4 atom stereocenters. The lowest BCUT2D eigenvalue weighted by Crippen LogP contribution is -2.48. The highest BCUT2D eigenvalue weighted by Crippen LogP contribution is 2.34. The Bertz CT molecular complexity index is 736. The number of hydrogen-bond acceptors (Lipinski definition) is 6. The molecule has 2 aromatic heterocycles. The zero-order valence-electron chi connectivity index (χ0n) is 13.8. The quantitative estimate of drug-likeness (QED) is 0.830. The second-order valence-electron chi connectivity index (χ2n) is 6.07. The second kappa shape index (κ2) is 6.77. The van der Waals surface area contributed by atoms with E-state index in [0.717, 1.165) is 5.69 Å². The van der Waals surface area contributed by atoms with Gasteiger partial charge in [-0.3, -0.25) is 4.98 Å². The number of carbonyl (C=O) groups excluding carboxylic acids is 1. The molecule has 0 unspecified atom stereocenters. The van der Waals surface area contributed by atoms with Gasteiger partial charge in [-0.2, -0.15) is 0 Å². The largest absolute Gasteiger partial charge is 0.371 e. The fourth-order valence-electron chi connectivity index (χ4n) is 3.28. The molecule has 0 aliphatic carbocycles. The topological polar surface area (TPSA) is 103 Å². The van der Waals surface area contributed by atoms with Crippen LogP contribution in [0.5, 0.6) is 0 Å². The van der Waals surface area contributed by atoms with Crippen LogP contribution in [0.1, 0.15) is 13.0 Å². The van der Waals surface area contributed by atoms with Gasteiger partial charge in [0.15, 0.2) is 0 Å². The van der Waals surface area contributed by atoms with Crippen LogP contribution in [0.15, 0.2) is 30.6 Å². The molecule has 2 saturated heterocycles. The highest BCUT2D eigenvalue weighted by atomic mass is 16.6. The van der Waals surface area contributed by atoms with Gasteiger partial charge in [-0.15, -0.1) is 5.10 Å². The van der Waals surface area contributed by atoms with Crippen LogP contribution in [0, 0.1) is 0 Å². The van der Waals surface area contributed by atoms with E-state index < -0.39 is 0 Å². The number of ether oxygens (including phenoxy) is 2. The number of carbonyl (C=O) groups is 1. The van der Waals surface area contributed by atoms with Crippen molar-refractivity contribution in [2.75, 3.05) is 19.8 Å². The number of pyridine rings is 1. The van der Waals surface area contributed by atoms with Gasteiger partial charge in [-0.05, 0) is 19.1 Å². The smallest absolute Gasteiger partial charge is 0.315 e. The molecule has 25 heavy (non-hydrogen) atoms. The molecule has 9 nitrogen and oxygen atoms in total. The van der Waals surface area contributed by atoms with E-state index in [1.165, 1.54) is 0 Å². The summed E-state index contributed by atoms with van der Waals surface area (Å²) in [5.74, 6) is 0. The first kappa shape index (κ1) is 16.0. The first-order valence-corrected chi connectivity index (χ1v) is 8.37. The lowest BCUT2D eigenvalue weighted by atomic mass is 10.1. The Labute approximate surface area is 144 Å². The maximum Gasteiger partial charge on any atom is 0.315 e. The summed E-state index contributed by atoms with van der Waals surface area (Å²) in [5.41, 5.74) is 1.48. The summed E-state index contributed by atoms with van der Waals surface area (Å²) >= 11 is 0. The number of hydrogen-bond donors (Lipinski definition) is 2. The van der Waals surface area contributed by atoms with Crippen LogP contribution < -0.4 is 10.6 Å². The van der Waals surface area contributed by atoms with E-state index in [0.29, 0.717) is 25.5 Å². The van der Waals surface area contributed by atoms with E-state index in [-0.39, 0.29) is 30.3 Å². The van der Waals surface area contributed by atoms with Gasteiger partial charge < -0.3 is 20.1 Å². The zero-order valence-corrected chi connectivity index (χ0v) is 13.8. The van der Waals surface area contributed by atoms with E-state index in [1.807, 2.05) is 31.3 Å². The zero-order chi connectivity index (χ0) is 17.2. The third-order valence-corrected chi connectivity index (χ3v) is 4.46. The number of fused-ring (bicyclic) bond motifs is 1. The highest BCUT2D eigenvalue weighted by molar-refractivity contribution is 5.74. The lowest BCUT2D eigenvalue weighted by molar-refractivity contribution is 0.0622. The summed E-state index contributed by atoms with van der Waals surface area (Å²) in [6.45, 7) is 3.34. The minimum Gasteiger partial charge on any atom is -0.371 e. The van der Waals surface area contributed by atoms with Crippen LogP contribution in [0.2, 0.25) is 0 Å². The summed E-state index contributed by atoms with van der Waals surface area (Å²) in [6, 6.07) is 5.21. The molecule has 2 amide bonds. The van der Waals surface area contributed by atoms with Crippen molar-refractivity contribution in [3.63, 3.8) is 0 Å². The molecule has 0 radical (unpaired) electrons. The van der Waals surface area contributed by atoms with Crippen molar-refractivity contribution in [2.45, 2.75) is 31.2 Å². The minimum atomic E-state index is -0.206. The van der Waals surface area contributed by atoms with E-state index in [1.54, 1.807) is 10.9 Å². The molecule has 0 bridgehead atoms. The van der Waals surface area contributed by atoms with E-state index in [9.17, 15) is 4.79 Å². The average Bonchev–Trinajstić information content (AvgIpc) is 3.33. The minimum absolute atomic E-state index is 0.0731. The van der Waals surface area contributed by atoms with Crippen molar-refractivity contribution >= 4 is 6.03 Å². The predicted molar refractivity (Wildman–Crippen MR) is 87.8 cm³/mol. The molecule has 4 rings (SSSR count). The van der Waals surface area contributed by atoms with Crippen LogP contribution >= 0.6 is 0 Å². The second-order valence-corrected chi connectivity index (χ2v) is 6.07. The molecule has 0 aromatic carbocycles. The molecule has 132 valence electrons. The Morgan fingerprint density at radius 1 is 1.28 bits per heavy atom. The summed E-state index contributed by atoms with van der Waals surface area (Å²) < 4.78 is 13.5. The average molecular weight is 344 g/mol. The van der Waals surface area contributed by atoms with Crippen LogP contribution in [-0.2, 0) is 9.47 Å². The van der Waals surface area contributed by atoms with E-state index in [4.69, 9.17) is 9.47 Å². The van der Waals surface area contributed by atoms with Gasteiger partial charge in [-0.25, -0.2) is 9.48 Å². The third kappa shape index (κ3) is 3.08. The van der Waals surface area contributed by atoms with Crippen molar-refractivity contribution in [2.24, 2.45) is 0 Å². The SMILES string of the molecule is CCNC(=O)N[C@H]1CO[C@H]2[C@@H]1OC[C@@H]2n1cc(-c2ccccn2)nn1. The van der Waals surface area contributed by atoms with Gasteiger partial charge in [0.05, 0.1) is 31.1 Å². The standard InChI is InChI=1S/C16H20N6O3/c1-2-17-16(23)19-12-8-24-15-13(9-25-14(12)15)22-7-11(20-21-22)10-5-3-4-6-18-10/h3-7,12-15H,2,8-9H2,1H3,(H2,17,19,23)/t12-,13-,14+,15+/m0/s1. The molecular weight excluding hydrogens is 324 g/mol. The molecule has 4 heterocycles. The predicted octanol–water partition coefficient (Wildman–Crippen LogP) is 0.366. The lowest BCUT2D eigenvalue weighted by Gasteiger charge is -2.17. The van der Waals surface area contributed by atoms with Crippen molar-refractivity contribution in [1.82, 2.24) is 30.6 Å². The first-order chi connectivity index (χ1) is 12.3. The molecule has 2 aliphatic heterocycles. The molecule has 0 spiro atoms. The Kier molecular flexibility index (Phi) is 4.33. The third-order valence-electron chi connectivity index (χ3n) is 4.46. The number of rotatable bonds is 4. The molecule has 2 aliphatic rings. The van der Waals surface area contributed by atoms with E-state index >= 15 is 0 Å². The monoisotopic (exact) mass is 344 g/mol. The van der Waals surface area contributed by atoms with Gasteiger partial charge in [-0.1, -0.05) is 11.3 Å². The fourth-order valence-corrected chi connectivity index (χ4v) is 3.28. The number of nitrogens with zero attached hydrogens (tertiary/aromatic N) is 4. The van der Waals surface area contributed by atoms with Gasteiger partial charge in [0.2, 0.25) is 0 Å². The van der Waals surface area contributed by atoms with Crippen molar-refractivity contribution in [1.29, 1.82) is 0 Å². The number of amides is 2. The van der Waals surface area contributed by atoms with Gasteiger partial charge in [0.1, 0.15) is 23.9 Å². The number of nitrogens with one attached hydrogen (secondary N) is 2. The normalized spacial score (nSPS) is 27.9. The van der Waals surface area contributed by atoms with Crippen LogP contribution in [0.25, 0.3) is 11.4 Å². The maximum atomic E-state index is 11.7. The number of aromatic nitrogens is 4. The highest BCUT2D eigenvalue weighted by Gasteiger charge is 2.49. The van der Waals surface area contributed by atoms with Crippen LogP contribution in [-0.4, -0.2) is 64.0 Å². The van der Waals surface area contributed by atoms with Gasteiger partial charge in [0, 0.05) is 12.7 Å². The van der Waals surface area contributed by atoms with E-state index in [2.05, 4.69) is 25.9 Å². The summed E-state index contributed by atoms with van der Waals surface area (Å²) in [4.78, 5) is 16.0. The van der Waals surface area contributed by atoms with Crippen molar-refractivity contribution < 1.29 is 14.3 Å². The molecule has 2 N–H and O–H groups in total. The molecule has 0 saturated carbocycles. The molecule has 2 fully saturated rings. The Morgan fingerprint density at radius 2 is 2.16 bits per heavy atom. The Hall–Kier alpha value is -2.52. The Morgan fingerprint density at radius 3 is 2.96 bits per heavy atom. The van der Waals surface area contributed by atoms with Crippen LogP contribution in [0.4, 0.5) is 4.79 Å². The maximum absolute atomic E-state index is 11.7. The first-order valence-electron chi connectivity index (χ1n) is 8.37. The molecule has 9 heteroatoms. The van der Waals surface area contributed by atoms with Gasteiger partial charge in [0.25, 0.3) is 0 Å². The Balaban J connectivity index is 1.45. The fraction of sp³-hybridized carbons (Fsp3) is 0.500. The van der Waals surface area contributed by atoms with Crippen molar-refractivity contribution in [3.8, 4) is 11.4 Å². The summed E-state index contributed by atoms with van der Waals surface area (Å²) in [6.07, 6.45) is 3.23. The van der Waals surface area contributed by atoms with Crippen LogP contribution in [0.3, 0.4) is 0 Å².